The van der Waals surface area contributed by atoms with Gasteiger partial charge < -0.3 is 5.32 Å². The average Bonchev–Trinajstić information content (AvgIpc) is 3.18. The van der Waals surface area contributed by atoms with Gasteiger partial charge in [-0.15, -0.1) is 22.7 Å². The fraction of sp³-hybridized carbons (Fsp3) is 0.176. The monoisotopic (exact) mass is 343 g/mol. The van der Waals surface area contributed by atoms with Crippen LogP contribution < -0.4 is 10.6 Å². The van der Waals surface area contributed by atoms with E-state index >= 15 is 0 Å². The zero-order chi connectivity index (χ0) is 16.2. The van der Waals surface area contributed by atoms with Crippen LogP contribution in [0.3, 0.4) is 0 Å². The van der Waals surface area contributed by atoms with E-state index in [1.54, 1.807) is 11.3 Å². The van der Waals surface area contributed by atoms with Crippen molar-refractivity contribution in [1.29, 1.82) is 0 Å². The van der Waals surface area contributed by atoms with Crippen molar-refractivity contribution in [2.45, 2.75) is 19.8 Å². The number of amides is 2. The number of urea groups is 1. The van der Waals surface area contributed by atoms with E-state index in [1.807, 2.05) is 47.2 Å². The summed E-state index contributed by atoms with van der Waals surface area (Å²) < 4.78 is 0. The van der Waals surface area contributed by atoms with Gasteiger partial charge >= 0.3 is 6.03 Å². The molecule has 0 unspecified atom stereocenters. The Balaban J connectivity index is 1.61. The SMILES string of the molecule is CC(C)c1ccc(NC(=O)Nc2csc(-c3cccs3)n2)cc1. The Labute approximate surface area is 143 Å². The Morgan fingerprint density at radius 3 is 2.52 bits per heavy atom. The van der Waals surface area contributed by atoms with Crippen molar-refractivity contribution in [3.05, 3.63) is 52.7 Å². The second kappa shape index (κ2) is 6.93. The summed E-state index contributed by atoms with van der Waals surface area (Å²) in [5.74, 6) is 1.04. The molecule has 1 aromatic carbocycles. The molecule has 0 saturated heterocycles. The van der Waals surface area contributed by atoms with E-state index in [1.165, 1.54) is 16.9 Å². The number of aromatic nitrogens is 1. The normalized spacial score (nSPS) is 10.7. The molecule has 0 radical (unpaired) electrons. The summed E-state index contributed by atoms with van der Waals surface area (Å²) in [4.78, 5) is 17.6. The largest absolute Gasteiger partial charge is 0.324 e. The van der Waals surface area contributed by atoms with Gasteiger partial charge in [0.05, 0.1) is 4.88 Å². The summed E-state index contributed by atoms with van der Waals surface area (Å²) in [7, 11) is 0. The highest BCUT2D eigenvalue weighted by atomic mass is 32.1. The van der Waals surface area contributed by atoms with Crippen molar-refractivity contribution in [2.24, 2.45) is 0 Å². The zero-order valence-electron chi connectivity index (χ0n) is 12.9. The molecule has 4 nitrogen and oxygen atoms in total. The van der Waals surface area contributed by atoms with Gasteiger partial charge in [-0.2, -0.15) is 0 Å². The minimum absolute atomic E-state index is 0.287. The molecule has 0 saturated carbocycles. The number of hydrogen-bond donors (Lipinski definition) is 2. The molecule has 2 aromatic heterocycles. The van der Waals surface area contributed by atoms with Gasteiger partial charge in [0, 0.05) is 11.1 Å². The van der Waals surface area contributed by atoms with Crippen LogP contribution in [-0.2, 0) is 0 Å². The van der Waals surface area contributed by atoms with E-state index < -0.39 is 0 Å². The molecule has 0 aliphatic carbocycles. The average molecular weight is 343 g/mol. The Kier molecular flexibility index (Phi) is 4.73. The minimum Gasteiger partial charge on any atom is -0.308 e. The number of nitrogens with zero attached hydrogens (tertiary/aromatic N) is 1. The van der Waals surface area contributed by atoms with Gasteiger partial charge in [0.2, 0.25) is 0 Å². The maximum absolute atomic E-state index is 12.0. The number of thiophene rings is 1. The van der Waals surface area contributed by atoms with Crippen LogP contribution in [0.4, 0.5) is 16.3 Å². The molecular formula is C17H17N3OS2. The molecule has 0 aliphatic rings. The maximum atomic E-state index is 12.0. The number of carbonyl (C=O) groups excluding carboxylic acids is 1. The Morgan fingerprint density at radius 1 is 1.09 bits per heavy atom. The van der Waals surface area contributed by atoms with Crippen LogP contribution in [-0.4, -0.2) is 11.0 Å². The molecule has 0 spiro atoms. The molecule has 0 bridgehead atoms. The van der Waals surface area contributed by atoms with Crippen LogP contribution in [0.1, 0.15) is 25.3 Å². The first-order valence-corrected chi connectivity index (χ1v) is 9.05. The number of thiazole rings is 1. The van der Waals surface area contributed by atoms with Crippen LogP contribution in [0.15, 0.2) is 47.2 Å². The lowest BCUT2D eigenvalue weighted by atomic mass is 10.0. The molecule has 2 heterocycles. The van der Waals surface area contributed by atoms with Crippen LogP contribution in [0.25, 0.3) is 9.88 Å². The first-order chi connectivity index (χ1) is 11.1. The Hall–Kier alpha value is -2.18. The first-order valence-electron chi connectivity index (χ1n) is 7.29. The van der Waals surface area contributed by atoms with Gasteiger partial charge in [0.1, 0.15) is 10.8 Å². The van der Waals surface area contributed by atoms with E-state index in [2.05, 4.69) is 29.5 Å². The third kappa shape index (κ3) is 3.97. The molecule has 3 rings (SSSR count). The lowest BCUT2D eigenvalue weighted by Gasteiger charge is -2.08. The number of rotatable bonds is 4. The summed E-state index contributed by atoms with van der Waals surface area (Å²) >= 11 is 3.15. The fourth-order valence-electron chi connectivity index (χ4n) is 2.07. The van der Waals surface area contributed by atoms with Crippen molar-refractivity contribution in [2.75, 3.05) is 10.6 Å². The molecule has 0 fully saturated rings. The highest BCUT2D eigenvalue weighted by Gasteiger charge is 2.09. The summed E-state index contributed by atoms with van der Waals surface area (Å²) in [6, 6.07) is 11.6. The van der Waals surface area contributed by atoms with Gasteiger partial charge in [-0.1, -0.05) is 32.0 Å². The maximum Gasteiger partial charge on any atom is 0.324 e. The fourth-order valence-corrected chi connectivity index (χ4v) is 3.64. The molecular weight excluding hydrogens is 326 g/mol. The van der Waals surface area contributed by atoms with Crippen molar-refractivity contribution >= 4 is 40.2 Å². The van der Waals surface area contributed by atoms with Crippen LogP contribution in [0.2, 0.25) is 0 Å². The van der Waals surface area contributed by atoms with E-state index in [0.717, 1.165) is 15.6 Å². The van der Waals surface area contributed by atoms with Gasteiger partial charge in [0.15, 0.2) is 0 Å². The van der Waals surface area contributed by atoms with Gasteiger partial charge in [-0.05, 0) is 35.1 Å². The molecule has 0 aliphatic heterocycles. The molecule has 6 heteroatoms. The minimum atomic E-state index is -0.287. The standard InChI is InChI=1S/C17H17N3OS2/c1-11(2)12-5-7-13(8-6-12)18-17(21)20-15-10-23-16(19-15)14-4-3-9-22-14/h3-11H,1-2H3,(H2,18,20,21). The number of benzene rings is 1. The highest BCUT2D eigenvalue weighted by Crippen LogP contribution is 2.29. The highest BCUT2D eigenvalue weighted by molar-refractivity contribution is 7.20. The second-order valence-corrected chi connectivity index (χ2v) is 7.18. The predicted octanol–water partition coefficient (Wildman–Crippen LogP) is 5.64. The van der Waals surface area contributed by atoms with Crippen LogP contribution in [0.5, 0.6) is 0 Å². The molecule has 2 N–H and O–H groups in total. The molecule has 118 valence electrons. The van der Waals surface area contributed by atoms with E-state index in [-0.39, 0.29) is 6.03 Å². The third-order valence-corrected chi connectivity index (χ3v) is 5.19. The number of carbonyl (C=O) groups is 1. The second-order valence-electron chi connectivity index (χ2n) is 5.37. The van der Waals surface area contributed by atoms with Crippen molar-refractivity contribution in [3.63, 3.8) is 0 Å². The Bertz CT molecular complexity index is 777. The lowest BCUT2D eigenvalue weighted by molar-refractivity contribution is 0.262. The zero-order valence-corrected chi connectivity index (χ0v) is 14.5. The van der Waals surface area contributed by atoms with Crippen molar-refractivity contribution in [1.82, 2.24) is 4.98 Å². The van der Waals surface area contributed by atoms with E-state index in [4.69, 9.17) is 0 Å². The summed E-state index contributed by atoms with van der Waals surface area (Å²) in [6.45, 7) is 4.28. The van der Waals surface area contributed by atoms with Crippen LogP contribution in [0, 0.1) is 0 Å². The van der Waals surface area contributed by atoms with Crippen molar-refractivity contribution < 1.29 is 4.79 Å². The van der Waals surface area contributed by atoms with Crippen LogP contribution >= 0.6 is 22.7 Å². The summed E-state index contributed by atoms with van der Waals surface area (Å²) in [6.07, 6.45) is 0. The molecule has 0 atom stereocenters. The van der Waals surface area contributed by atoms with Gasteiger partial charge in [-0.3, -0.25) is 5.32 Å². The van der Waals surface area contributed by atoms with Gasteiger partial charge in [0.25, 0.3) is 0 Å². The predicted molar refractivity (Wildman–Crippen MR) is 98.6 cm³/mol. The molecule has 3 aromatic rings. The topological polar surface area (TPSA) is 54.0 Å². The van der Waals surface area contributed by atoms with E-state index in [0.29, 0.717) is 11.7 Å². The van der Waals surface area contributed by atoms with E-state index in [9.17, 15) is 4.79 Å². The van der Waals surface area contributed by atoms with Gasteiger partial charge in [-0.25, -0.2) is 9.78 Å². The number of anilines is 2. The molecule has 23 heavy (non-hydrogen) atoms. The van der Waals surface area contributed by atoms with Crippen molar-refractivity contribution in [3.8, 4) is 9.88 Å². The first kappa shape index (κ1) is 15.7. The number of hydrogen-bond acceptors (Lipinski definition) is 4. The third-order valence-electron chi connectivity index (χ3n) is 3.31. The number of nitrogens with one attached hydrogen (secondary N) is 2. The summed E-state index contributed by atoms with van der Waals surface area (Å²) in [5, 5.41) is 10.4. The summed E-state index contributed by atoms with van der Waals surface area (Å²) in [5.41, 5.74) is 2.01. The lowest BCUT2D eigenvalue weighted by Crippen LogP contribution is -2.19. The quantitative estimate of drug-likeness (QED) is 0.644. The molecule has 2 amide bonds. The Morgan fingerprint density at radius 2 is 1.87 bits per heavy atom. The smallest absolute Gasteiger partial charge is 0.308 e.